The quantitative estimate of drug-likeness (QED) is 0.273. The number of nitrogens with zero attached hydrogens (tertiary/aromatic N) is 1. The van der Waals surface area contributed by atoms with Gasteiger partial charge in [0.15, 0.2) is 11.5 Å². The van der Waals surface area contributed by atoms with Gasteiger partial charge in [-0.15, -0.1) is 0 Å². The van der Waals surface area contributed by atoms with Crippen LogP contribution in [0.2, 0.25) is 0 Å². The summed E-state index contributed by atoms with van der Waals surface area (Å²) in [5.74, 6) is 0.645. The molecular weight excluding hydrogens is 455 g/mol. The van der Waals surface area contributed by atoms with Gasteiger partial charge >= 0.3 is 0 Å². The molecule has 0 radical (unpaired) electrons. The molecule has 6 heteroatoms. The van der Waals surface area contributed by atoms with Crippen LogP contribution in [0.1, 0.15) is 11.1 Å². The zero-order chi connectivity index (χ0) is 19.8. The first-order valence-electron chi connectivity index (χ1n) is 8.09. The molecule has 0 spiro atoms. The van der Waals surface area contributed by atoms with E-state index in [9.17, 15) is 10.1 Å². The number of carbonyl (C=O) groups excluding carboxylic acids is 1. The number of hydrogen-bond donors (Lipinski definition) is 1. The van der Waals surface area contributed by atoms with Crippen molar-refractivity contribution in [1.82, 2.24) is 0 Å². The molecule has 0 heterocycles. The second kappa shape index (κ2) is 9.78. The van der Waals surface area contributed by atoms with Gasteiger partial charge in [0.05, 0.1) is 10.7 Å². The molecule has 0 aliphatic rings. The van der Waals surface area contributed by atoms with E-state index < -0.39 is 5.91 Å². The highest BCUT2D eigenvalue weighted by atomic mass is 127. The number of amides is 1. The number of ether oxygens (including phenoxy) is 2. The Labute approximate surface area is 172 Å². The maximum atomic E-state index is 12.4. The molecule has 0 saturated carbocycles. The van der Waals surface area contributed by atoms with Gasteiger partial charge in [0.25, 0.3) is 5.91 Å². The molecule has 0 unspecified atom stereocenters. The van der Waals surface area contributed by atoms with E-state index in [1.165, 1.54) is 13.2 Å². The first-order chi connectivity index (χ1) is 13.0. The van der Waals surface area contributed by atoms with Crippen LogP contribution in [0.5, 0.6) is 11.5 Å². The maximum absolute atomic E-state index is 12.4. The largest absolute Gasteiger partial charge is 0.493 e. The Morgan fingerprint density at radius 2 is 2.04 bits per heavy atom. The van der Waals surface area contributed by atoms with Crippen molar-refractivity contribution >= 4 is 40.3 Å². The standard InChI is InChI=1S/C21H19IN2O3/c1-4-9-27-20-18(22)11-15(12-19(20)26-3)10-16(13-23)21(25)24-17-7-5-14(2)6-8-17/h4-8,10-12H,1,9H2,2-3H3,(H,24,25)/b16-10-. The van der Waals surface area contributed by atoms with Gasteiger partial charge < -0.3 is 14.8 Å². The maximum Gasteiger partial charge on any atom is 0.266 e. The van der Waals surface area contributed by atoms with E-state index in [2.05, 4.69) is 34.5 Å². The Balaban J connectivity index is 2.29. The molecule has 27 heavy (non-hydrogen) atoms. The summed E-state index contributed by atoms with van der Waals surface area (Å²) >= 11 is 2.12. The number of hydrogen-bond acceptors (Lipinski definition) is 4. The average molecular weight is 474 g/mol. The van der Waals surface area contributed by atoms with Crippen molar-refractivity contribution in [2.45, 2.75) is 6.92 Å². The smallest absolute Gasteiger partial charge is 0.266 e. The summed E-state index contributed by atoms with van der Waals surface area (Å²) in [6, 6.07) is 12.8. The van der Waals surface area contributed by atoms with Crippen molar-refractivity contribution in [2.24, 2.45) is 0 Å². The Morgan fingerprint density at radius 1 is 1.33 bits per heavy atom. The van der Waals surface area contributed by atoms with Crippen molar-refractivity contribution in [3.8, 4) is 17.6 Å². The van der Waals surface area contributed by atoms with Crippen LogP contribution >= 0.6 is 22.6 Å². The summed E-state index contributed by atoms with van der Waals surface area (Å²) in [5, 5.41) is 12.1. The van der Waals surface area contributed by atoms with Crippen LogP contribution in [0, 0.1) is 21.8 Å². The van der Waals surface area contributed by atoms with E-state index in [0.29, 0.717) is 29.4 Å². The molecule has 0 atom stereocenters. The molecule has 0 saturated heterocycles. The van der Waals surface area contributed by atoms with E-state index in [-0.39, 0.29) is 5.57 Å². The van der Waals surface area contributed by atoms with Crippen LogP contribution in [0.4, 0.5) is 5.69 Å². The number of anilines is 1. The molecule has 5 nitrogen and oxygen atoms in total. The summed E-state index contributed by atoms with van der Waals surface area (Å²) in [6.07, 6.45) is 3.16. The molecule has 0 aliphatic carbocycles. The van der Waals surface area contributed by atoms with Gasteiger partial charge in [0.1, 0.15) is 18.2 Å². The minimum atomic E-state index is -0.470. The highest BCUT2D eigenvalue weighted by Gasteiger charge is 2.14. The number of rotatable bonds is 7. The third-order valence-corrected chi connectivity index (χ3v) is 4.38. The third kappa shape index (κ3) is 5.59. The lowest BCUT2D eigenvalue weighted by molar-refractivity contribution is -0.112. The summed E-state index contributed by atoms with van der Waals surface area (Å²) in [6.45, 7) is 5.94. The van der Waals surface area contributed by atoms with E-state index >= 15 is 0 Å². The molecular formula is C21H19IN2O3. The first kappa shape index (κ1) is 20.5. The topological polar surface area (TPSA) is 71.3 Å². The Kier molecular flexibility index (Phi) is 7.44. The molecule has 2 aromatic carbocycles. The summed E-state index contributed by atoms with van der Waals surface area (Å²) in [5.41, 5.74) is 2.38. The second-order valence-corrected chi connectivity index (χ2v) is 6.79. The van der Waals surface area contributed by atoms with Crippen LogP contribution in [0.25, 0.3) is 6.08 Å². The number of nitriles is 1. The molecule has 0 aliphatic heterocycles. The van der Waals surface area contributed by atoms with E-state index in [4.69, 9.17) is 9.47 Å². The van der Waals surface area contributed by atoms with Gasteiger partial charge in [-0.1, -0.05) is 30.4 Å². The minimum absolute atomic E-state index is 0.00631. The Bertz CT molecular complexity index is 912. The predicted octanol–water partition coefficient (Wildman–Crippen LogP) is 4.72. The lowest BCUT2D eigenvalue weighted by Gasteiger charge is -2.12. The number of nitrogens with one attached hydrogen (secondary N) is 1. The Morgan fingerprint density at radius 3 is 2.63 bits per heavy atom. The summed E-state index contributed by atoms with van der Waals surface area (Å²) < 4.78 is 11.8. The van der Waals surface area contributed by atoms with E-state index in [1.807, 2.05) is 31.2 Å². The summed E-state index contributed by atoms with van der Waals surface area (Å²) in [4.78, 5) is 12.4. The molecule has 1 N–H and O–H groups in total. The van der Waals surface area contributed by atoms with Crippen molar-refractivity contribution < 1.29 is 14.3 Å². The van der Waals surface area contributed by atoms with Crippen LogP contribution in [0.3, 0.4) is 0 Å². The number of halogens is 1. The number of carbonyl (C=O) groups is 1. The van der Waals surface area contributed by atoms with E-state index in [0.717, 1.165) is 9.13 Å². The van der Waals surface area contributed by atoms with Gasteiger partial charge in [0, 0.05) is 5.69 Å². The number of aryl methyl sites for hydroxylation is 1. The van der Waals surface area contributed by atoms with Crippen molar-refractivity contribution in [3.05, 3.63) is 69.3 Å². The van der Waals surface area contributed by atoms with Gasteiger partial charge in [-0.3, -0.25) is 4.79 Å². The average Bonchev–Trinajstić information content (AvgIpc) is 2.66. The number of methoxy groups -OCH3 is 1. The zero-order valence-electron chi connectivity index (χ0n) is 15.1. The SMILES string of the molecule is C=CCOc1c(I)cc(/C=C(/C#N)C(=O)Nc2ccc(C)cc2)cc1OC. The molecule has 0 bridgehead atoms. The van der Waals surface area contributed by atoms with Gasteiger partial charge in [-0.2, -0.15) is 5.26 Å². The molecule has 1 amide bonds. The van der Waals surface area contributed by atoms with Crippen LogP contribution in [-0.4, -0.2) is 19.6 Å². The normalized spacial score (nSPS) is 10.7. The fourth-order valence-corrected chi connectivity index (χ4v) is 3.04. The number of benzene rings is 2. The van der Waals surface area contributed by atoms with Crippen molar-refractivity contribution in [1.29, 1.82) is 5.26 Å². The predicted molar refractivity (Wildman–Crippen MR) is 115 cm³/mol. The third-order valence-electron chi connectivity index (χ3n) is 3.58. The van der Waals surface area contributed by atoms with E-state index in [1.54, 1.807) is 24.3 Å². The van der Waals surface area contributed by atoms with Gasteiger partial charge in [-0.05, 0) is 65.4 Å². The van der Waals surface area contributed by atoms with Gasteiger partial charge in [0.2, 0.25) is 0 Å². The molecule has 2 aromatic rings. The van der Waals surface area contributed by atoms with Crippen LogP contribution in [0.15, 0.2) is 54.6 Å². The lowest BCUT2D eigenvalue weighted by Crippen LogP contribution is -2.13. The highest BCUT2D eigenvalue weighted by molar-refractivity contribution is 14.1. The molecule has 0 fully saturated rings. The zero-order valence-corrected chi connectivity index (χ0v) is 17.2. The van der Waals surface area contributed by atoms with Crippen molar-refractivity contribution in [3.63, 3.8) is 0 Å². The van der Waals surface area contributed by atoms with Crippen LogP contribution < -0.4 is 14.8 Å². The Hall–Kier alpha value is -2.79. The van der Waals surface area contributed by atoms with Gasteiger partial charge in [-0.25, -0.2) is 0 Å². The van der Waals surface area contributed by atoms with Crippen LogP contribution in [-0.2, 0) is 4.79 Å². The molecule has 138 valence electrons. The minimum Gasteiger partial charge on any atom is -0.493 e. The fourth-order valence-electron chi connectivity index (χ4n) is 2.26. The monoisotopic (exact) mass is 474 g/mol. The summed E-state index contributed by atoms with van der Waals surface area (Å²) in [7, 11) is 1.54. The first-order valence-corrected chi connectivity index (χ1v) is 9.17. The second-order valence-electron chi connectivity index (χ2n) is 5.62. The highest BCUT2D eigenvalue weighted by Crippen LogP contribution is 2.34. The fraction of sp³-hybridized carbons (Fsp3) is 0.143. The molecule has 0 aromatic heterocycles. The van der Waals surface area contributed by atoms with Crippen molar-refractivity contribution in [2.75, 3.05) is 19.0 Å². The lowest BCUT2D eigenvalue weighted by atomic mass is 10.1. The molecule has 2 rings (SSSR count).